The highest BCUT2D eigenvalue weighted by atomic mass is 79.9. The van der Waals surface area contributed by atoms with Gasteiger partial charge >= 0.3 is 5.97 Å². The Balaban J connectivity index is 1.95. The molecule has 1 unspecified atom stereocenters. The number of rotatable bonds is 7. The second-order valence-electron chi connectivity index (χ2n) is 6.12. The first kappa shape index (κ1) is 22.1. The summed E-state index contributed by atoms with van der Waals surface area (Å²) in [6.45, 7) is 2.20. The quantitative estimate of drug-likeness (QED) is 0.566. The number of thiazole rings is 1. The van der Waals surface area contributed by atoms with Crippen LogP contribution in [0.3, 0.4) is 0 Å². The molecule has 1 fully saturated rings. The predicted molar refractivity (Wildman–Crippen MR) is 111 cm³/mol. The predicted octanol–water partition coefficient (Wildman–Crippen LogP) is 1.44. The maximum atomic E-state index is 13.3. The minimum absolute atomic E-state index is 0.144. The maximum absolute atomic E-state index is 13.3. The van der Waals surface area contributed by atoms with Gasteiger partial charge in [0.05, 0.1) is 30.0 Å². The van der Waals surface area contributed by atoms with Gasteiger partial charge < -0.3 is 14.8 Å². The van der Waals surface area contributed by atoms with Crippen molar-refractivity contribution in [3.05, 3.63) is 27.7 Å². The van der Waals surface area contributed by atoms with Gasteiger partial charge in [0.25, 0.3) is 0 Å². The molecule has 2 heterocycles. The summed E-state index contributed by atoms with van der Waals surface area (Å²) in [6.07, 6.45) is 0. The Morgan fingerprint density at radius 2 is 2.10 bits per heavy atom. The molecule has 9 nitrogen and oxygen atoms in total. The molecule has 1 aromatic carbocycles. The second-order valence-corrected chi connectivity index (χ2v) is 10.1. The van der Waals surface area contributed by atoms with Gasteiger partial charge in [-0.2, -0.15) is 4.31 Å². The van der Waals surface area contributed by atoms with Crippen LogP contribution in [0.1, 0.15) is 17.2 Å². The summed E-state index contributed by atoms with van der Waals surface area (Å²) in [5.74, 6) is -1.46. The van der Waals surface area contributed by atoms with E-state index in [1.165, 1.54) is 4.31 Å². The van der Waals surface area contributed by atoms with E-state index in [4.69, 9.17) is 9.47 Å². The zero-order valence-electron chi connectivity index (χ0n) is 15.6. The van der Waals surface area contributed by atoms with Gasteiger partial charge in [-0.15, -0.1) is 11.3 Å². The van der Waals surface area contributed by atoms with Gasteiger partial charge in [0.1, 0.15) is 11.6 Å². The van der Waals surface area contributed by atoms with Gasteiger partial charge in [0, 0.05) is 17.6 Å². The Kier molecular flexibility index (Phi) is 7.22. The first-order chi connectivity index (χ1) is 13.8. The third kappa shape index (κ3) is 5.12. The summed E-state index contributed by atoms with van der Waals surface area (Å²) in [5, 5.41) is 0.954. The van der Waals surface area contributed by atoms with Crippen molar-refractivity contribution in [3.8, 4) is 0 Å². The Morgan fingerprint density at radius 1 is 1.38 bits per heavy atom. The lowest BCUT2D eigenvalue weighted by Gasteiger charge is -2.29. The number of amides is 1. The van der Waals surface area contributed by atoms with Crippen molar-refractivity contribution in [1.82, 2.24) is 14.6 Å². The number of ether oxygens (including phenoxy) is 2. The van der Waals surface area contributed by atoms with Crippen molar-refractivity contribution in [2.75, 3.05) is 39.5 Å². The number of benzene rings is 1. The molecule has 1 aliphatic rings. The molecule has 1 N–H and O–H groups in total. The molecule has 0 saturated carbocycles. The normalized spacial score (nSPS) is 16.5. The zero-order valence-corrected chi connectivity index (χ0v) is 18.8. The lowest BCUT2D eigenvalue weighted by molar-refractivity contribution is -0.143. The molecule has 0 spiro atoms. The minimum atomic E-state index is -4.07. The standard InChI is InChI=1S/C17H20BrN3O6S2/c1-2-27-14(22)10-19-16(23)15(29(24,25)21-5-7-26-8-6-21)17-20-12-4-3-11(18)9-13(12)28-17/h3-4,9,15H,2,5-8,10H2,1H3,(H,19,23). The third-order valence-corrected chi connectivity index (χ3v) is 8.01. The fourth-order valence-electron chi connectivity index (χ4n) is 2.82. The number of hydrogen-bond donors (Lipinski definition) is 1. The zero-order chi connectivity index (χ0) is 21.0. The largest absolute Gasteiger partial charge is 0.465 e. The third-order valence-electron chi connectivity index (χ3n) is 4.17. The molecular weight excluding hydrogens is 486 g/mol. The summed E-state index contributed by atoms with van der Waals surface area (Å²) in [5.41, 5.74) is 0.591. The molecule has 2 aromatic rings. The van der Waals surface area contributed by atoms with Crippen LogP contribution in [0.25, 0.3) is 10.2 Å². The number of sulfonamides is 1. The van der Waals surface area contributed by atoms with E-state index in [1.54, 1.807) is 19.1 Å². The number of carbonyl (C=O) groups is 2. The van der Waals surface area contributed by atoms with Gasteiger partial charge in [0.2, 0.25) is 21.2 Å². The van der Waals surface area contributed by atoms with E-state index in [0.717, 1.165) is 20.5 Å². The minimum Gasteiger partial charge on any atom is -0.465 e. The van der Waals surface area contributed by atoms with Crippen LogP contribution in [0.2, 0.25) is 0 Å². The molecular formula is C17H20BrN3O6S2. The van der Waals surface area contributed by atoms with E-state index in [0.29, 0.717) is 5.52 Å². The number of carbonyl (C=O) groups excluding carboxylic acids is 2. The fraction of sp³-hybridized carbons (Fsp3) is 0.471. The van der Waals surface area contributed by atoms with Crippen LogP contribution in [-0.4, -0.2) is 69.0 Å². The van der Waals surface area contributed by atoms with Gasteiger partial charge in [-0.05, 0) is 25.1 Å². The van der Waals surface area contributed by atoms with E-state index < -0.39 is 33.7 Å². The Labute approximate surface area is 180 Å². The van der Waals surface area contributed by atoms with Crippen LogP contribution >= 0.6 is 27.3 Å². The molecule has 0 aliphatic carbocycles. The number of aromatic nitrogens is 1. The summed E-state index contributed by atoms with van der Waals surface area (Å²) in [7, 11) is -4.07. The number of halogens is 1. The average molecular weight is 506 g/mol. The molecule has 0 radical (unpaired) electrons. The molecule has 1 atom stereocenters. The summed E-state index contributed by atoms with van der Waals surface area (Å²) >= 11 is 4.50. The molecule has 3 rings (SSSR count). The molecule has 12 heteroatoms. The summed E-state index contributed by atoms with van der Waals surface area (Å²) in [4.78, 5) is 28.9. The summed E-state index contributed by atoms with van der Waals surface area (Å²) < 4.78 is 39.4. The SMILES string of the molecule is CCOC(=O)CNC(=O)C(c1nc2ccc(Br)cc2s1)S(=O)(=O)N1CCOCC1. The van der Waals surface area contributed by atoms with Crippen LogP contribution in [0.4, 0.5) is 0 Å². The van der Waals surface area contributed by atoms with E-state index in [2.05, 4.69) is 26.2 Å². The number of nitrogens with zero attached hydrogens (tertiary/aromatic N) is 2. The van der Waals surface area contributed by atoms with Crippen molar-refractivity contribution in [3.63, 3.8) is 0 Å². The lowest BCUT2D eigenvalue weighted by atomic mass is 10.3. The maximum Gasteiger partial charge on any atom is 0.325 e. The number of hydrogen-bond acceptors (Lipinski definition) is 8. The molecule has 0 bridgehead atoms. The van der Waals surface area contributed by atoms with Crippen LogP contribution in [0.15, 0.2) is 22.7 Å². The Hall–Kier alpha value is -1.60. The van der Waals surface area contributed by atoms with Crippen LogP contribution < -0.4 is 5.32 Å². The summed E-state index contributed by atoms with van der Waals surface area (Å²) in [6, 6.07) is 5.35. The molecule has 1 amide bonds. The molecule has 1 aromatic heterocycles. The van der Waals surface area contributed by atoms with Crippen LogP contribution in [0, 0.1) is 0 Å². The highest BCUT2D eigenvalue weighted by Gasteiger charge is 2.41. The Morgan fingerprint density at radius 3 is 2.79 bits per heavy atom. The van der Waals surface area contributed by atoms with E-state index in [-0.39, 0.29) is 37.9 Å². The van der Waals surface area contributed by atoms with Crippen molar-refractivity contribution in [2.24, 2.45) is 0 Å². The van der Waals surface area contributed by atoms with E-state index >= 15 is 0 Å². The van der Waals surface area contributed by atoms with Crippen molar-refractivity contribution >= 4 is 59.4 Å². The number of nitrogens with one attached hydrogen (secondary N) is 1. The number of fused-ring (bicyclic) bond motifs is 1. The van der Waals surface area contributed by atoms with E-state index in [1.807, 2.05) is 6.07 Å². The van der Waals surface area contributed by atoms with Crippen LogP contribution in [-0.2, 0) is 29.1 Å². The molecule has 29 heavy (non-hydrogen) atoms. The van der Waals surface area contributed by atoms with Crippen molar-refractivity contribution in [1.29, 1.82) is 0 Å². The first-order valence-corrected chi connectivity index (χ1v) is 12.0. The monoisotopic (exact) mass is 505 g/mol. The van der Waals surface area contributed by atoms with Crippen LogP contribution in [0.5, 0.6) is 0 Å². The second kappa shape index (κ2) is 9.47. The van der Waals surface area contributed by atoms with Crippen molar-refractivity contribution < 1.29 is 27.5 Å². The molecule has 1 aliphatic heterocycles. The van der Waals surface area contributed by atoms with Gasteiger partial charge in [-0.25, -0.2) is 13.4 Å². The Bertz CT molecular complexity index is 1000. The van der Waals surface area contributed by atoms with Gasteiger partial charge in [0.15, 0.2) is 0 Å². The average Bonchev–Trinajstić information content (AvgIpc) is 3.09. The van der Waals surface area contributed by atoms with E-state index in [9.17, 15) is 18.0 Å². The highest BCUT2D eigenvalue weighted by molar-refractivity contribution is 9.10. The lowest BCUT2D eigenvalue weighted by Crippen LogP contribution is -2.47. The van der Waals surface area contributed by atoms with Gasteiger partial charge in [-0.3, -0.25) is 9.59 Å². The number of morpholine rings is 1. The highest BCUT2D eigenvalue weighted by Crippen LogP contribution is 2.34. The first-order valence-electron chi connectivity index (χ1n) is 8.89. The smallest absolute Gasteiger partial charge is 0.325 e. The fourth-order valence-corrected chi connectivity index (χ4v) is 6.44. The molecule has 1 saturated heterocycles. The van der Waals surface area contributed by atoms with Crippen molar-refractivity contribution in [2.45, 2.75) is 12.2 Å². The number of esters is 1. The topological polar surface area (TPSA) is 115 Å². The van der Waals surface area contributed by atoms with Gasteiger partial charge in [-0.1, -0.05) is 15.9 Å². The molecule has 158 valence electrons.